The number of amides is 2. The summed E-state index contributed by atoms with van der Waals surface area (Å²) in [6.45, 7) is 3.14. The lowest BCUT2D eigenvalue weighted by molar-refractivity contribution is -0.143. The maximum absolute atomic E-state index is 12.3. The number of anilines is 2. The molecule has 2 aliphatic heterocycles. The largest absolute Gasteiger partial charge is 0.481 e. The Morgan fingerprint density at radius 2 is 1.77 bits per heavy atom. The summed E-state index contributed by atoms with van der Waals surface area (Å²) in [5.41, 5.74) is 7.55. The van der Waals surface area contributed by atoms with Gasteiger partial charge in [-0.1, -0.05) is 12.1 Å². The minimum atomic E-state index is -0.749. The summed E-state index contributed by atoms with van der Waals surface area (Å²) >= 11 is 0. The summed E-state index contributed by atoms with van der Waals surface area (Å²) in [7, 11) is 0. The number of rotatable bonds is 9. The molecule has 0 spiro atoms. The number of carbonyl (C=O) groups is 3. The van der Waals surface area contributed by atoms with Gasteiger partial charge in [-0.25, -0.2) is 9.97 Å². The van der Waals surface area contributed by atoms with Crippen molar-refractivity contribution >= 4 is 35.5 Å². The Bertz CT molecular complexity index is 1270. The minimum Gasteiger partial charge on any atom is -0.481 e. The van der Waals surface area contributed by atoms with Gasteiger partial charge < -0.3 is 26.5 Å². The highest BCUT2D eigenvalue weighted by Crippen LogP contribution is 2.30. The molecule has 0 unspecified atom stereocenters. The number of carboxylic acids is 1. The second kappa shape index (κ2) is 12.4. The monoisotopic (exact) mass is 532 g/mol. The molecule has 2 fully saturated rings. The van der Waals surface area contributed by atoms with E-state index in [0.29, 0.717) is 56.8 Å². The summed E-state index contributed by atoms with van der Waals surface area (Å²) in [5, 5.41) is 29.0. The zero-order valence-corrected chi connectivity index (χ0v) is 21.6. The van der Waals surface area contributed by atoms with Crippen molar-refractivity contribution in [3.8, 4) is 6.07 Å². The molecule has 2 aliphatic rings. The van der Waals surface area contributed by atoms with Crippen molar-refractivity contribution < 1.29 is 19.5 Å². The SMILES string of the molecule is N#CCC(=O)N1CCC(c2nc(C=N)c(C(N)=O)c(Nc3ccc(CN4CCC(C(=O)O)CC4)cc3)n2)CC1. The molecule has 2 saturated heterocycles. The Labute approximate surface area is 226 Å². The summed E-state index contributed by atoms with van der Waals surface area (Å²) < 4.78 is 0. The van der Waals surface area contributed by atoms with Crippen LogP contribution in [0.3, 0.4) is 0 Å². The fourth-order valence-corrected chi connectivity index (χ4v) is 5.11. The molecule has 12 nitrogen and oxygen atoms in total. The van der Waals surface area contributed by atoms with Gasteiger partial charge in [-0.3, -0.25) is 19.3 Å². The van der Waals surface area contributed by atoms with E-state index in [1.165, 1.54) is 0 Å². The van der Waals surface area contributed by atoms with Crippen LogP contribution in [0.25, 0.3) is 0 Å². The first-order valence-electron chi connectivity index (χ1n) is 13.0. The number of primary amides is 1. The van der Waals surface area contributed by atoms with Crippen LogP contribution in [-0.2, 0) is 16.1 Å². The second-order valence-corrected chi connectivity index (χ2v) is 9.90. The Morgan fingerprint density at radius 1 is 1.10 bits per heavy atom. The maximum Gasteiger partial charge on any atom is 0.306 e. The molecule has 39 heavy (non-hydrogen) atoms. The number of benzene rings is 1. The summed E-state index contributed by atoms with van der Waals surface area (Å²) in [6, 6.07) is 9.55. The van der Waals surface area contributed by atoms with Crippen LogP contribution >= 0.6 is 0 Å². The minimum absolute atomic E-state index is 0.0285. The Morgan fingerprint density at radius 3 is 2.33 bits per heavy atom. The van der Waals surface area contributed by atoms with E-state index in [1.807, 2.05) is 30.3 Å². The van der Waals surface area contributed by atoms with Crippen molar-refractivity contribution in [1.82, 2.24) is 19.8 Å². The fourth-order valence-electron chi connectivity index (χ4n) is 5.11. The van der Waals surface area contributed by atoms with Crippen LogP contribution in [0.15, 0.2) is 24.3 Å². The number of nitrogens with two attached hydrogens (primary N) is 1. The number of aromatic nitrogens is 2. The van der Waals surface area contributed by atoms with E-state index in [1.54, 1.807) is 4.90 Å². The highest BCUT2D eigenvalue weighted by Gasteiger charge is 2.28. The molecule has 0 radical (unpaired) electrons. The third kappa shape index (κ3) is 6.74. The van der Waals surface area contributed by atoms with Gasteiger partial charge in [-0.2, -0.15) is 5.26 Å². The number of piperidine rings is 2. The molecular formula is C27H32N8O4. The maximum atomic E-state index is 12.3. The molecule has 0 bridgehead atoms. The third-order valence-electron chi connectivity index (χ3n) is 7.34. The Kier molecular flexibility index (Phi) is 8.83. The van der Waals surface area contributed by atoms with Crippen molar-refractivity contribution in [2.45, 2.75) is 44.6 Å². The van der Waals surface area contributed by atoms with Crippen LogP contribution in [0, 0.1) is 22.7 Å². The van der Waals surface area contributed by atoms with E-state index < -0.39 is 11.9 Å². The molecule has 5 N–H and O–H groups in total. The van der Waals surface area contributed by atoms with Crippen LogP contribution in [0.2, 0.25) is 0 Å². The van der Waals surface area contributed by atoms with Crippen LogP contribution in [-0.4, -0.2) is 75.1 Å². The summed E-state index contributed by atoms with van der Waals surface area (Å²) in [6.07, 6.45) is 3.32. The van der Waals surface area contributed by atoms with Crippen molar-refractivity contribution in [3.05, 3.63) is 46.9 Å². The molecule has 12 heteroatoms. The molecule has 1 aromatic carbocycles. The Balaban J connectivity index is 1.47. The number of aliphatic carboxylic acids is 1. The third-order valence-corrected chi connectivity index (χ3v) is 7.34. The van der Waals surface area contributed by atoms with Gasteiger partial charge in [0.15, 0.2) is 0 Å². The fraction of sp³-hybridized carbons (Fsp3) is 0.444. The highest BCUT2D eigenvalue weighted by atomic mass is 16.4. The molecule has 204 valence electrons. The van der Waals surface area contributed by atoms with Crippen LogP contribution < -0.4 is 11.1 Å². The average molecular weight is 533 g/mol. The average Bonchev–Trinajstić information content (AvgIpc) is 2.94. The molecule has 0 saturated carbocycles. The van der Waals surface area contributed by atoms with Gasteiger partial charge in [0.25, 0.3) is 5.91 Å². The number of likely N-dealkylation sites (tertiary alicyclic amines) is 2. The number of hydrogen-bond acceptors (Lipinski definition) is 9. The molecule has 2 amide bonds. The predicted molar refractivity (Wildman–Crippen MR) is 143 cm³/mol. The number of carbonyl (C=O) groups excluding carboxylic acids is 2. The zero-order chi connectivity index (χ0) is 27.9. The number of nitrogens with one attached hydrogen (secondary N) is 2. The molecule has 4 rings (SSSR count). The standard InChI is InChI=1S/C27H32N8O4/c28-10-5-22(36)35-13-8-18(9-14-35)25-32-21(15-29)23(24(30)37)26(33-25)31-20-3-1-17(2-4-20)16-34-11-6-19(7-12-34)27(38)39/h1-4,15,18-19,29H,5-9,11-14,16H2,(H2,30,37)(H,38,39)(H,31,32,33). The normalized spacial score (nSPS) is 16.8. The first kappa shape index (κ1) is 27.7. The number of carboxylic acid groups (broad SMARTS) is 1. The first-order chi connectivity index (χ1) is 18.8. The van der Waals surface area contributed by atoms with Gasteiger partial charge in [0.2, 0.25) is 5.91 Å². The lowest BCUT2D eigenvalue weighted by Crippen LogP contribution is -2.38. The van der Waals surface area contributed by atoms with Crippen LogP contribution in [0.4, 0.5) is 11.5 Å². The lowest BCUT2D eigenvalue weighted by Gasteiger charge is -2.31. The topological polar surface area (TPSA) is 189 Å². The lowest BCUT2D eigenvalue weighted by atomic mass is 9.95. The molecule has 1 aromatic heterocycles. The predicted octanol–water partition coefficient (Wildman–Crippen LogP) is 2.23. The molecule has 2 aromatic rings. The van der Waals surface area contributed by atoms with Crippen LogP contribution in [0.1, 0.15) is 65.5 Å². The van der Waals surface area contributed by atoms with E-state index in [4.69, 9.17) is 16.4 Å². The van der Waals surface area contributed by atoms with Crippen LogP contribution in [0.5, 0.6) is 0 Å². The molecular weight excluding hydrogens is 500 g/mol. The van der Waals surface area contributed by atoms with Crippen molar-refractivity contribution in [3.63, 3.8) is 0 Å². The van der Waals surface area contributed by atoms with Gasteiger partial charge in [0.05, 0.1) is 17.7 Å². The van der Waals surface area contributed by atoms with Gasteiger partial charge in [0.1, 0.15) is 23.6 Å². The molecule has 0 aliphatic carbocycles. The number of nitrogens with zero attached hydrogens (tertiary/aromatic N) is 5. The Hall–Kier alpha value is -4.37. The van der Waals surface area contributed by atoms with E-state index in [9.17, 15) is 19.5 Å². The van der Waals surface area contributed by atoms with E-state index >= 15 is 0 Å². The van der Waals surface area contributed by atoms with E-state index in [2.05, 4.69) is 20.2 Å². The first-order valence-corrected chi connectivity index (χ1v) is 13.0. The van der Waals surface area contributed by atoms with Crippen molar-refractivity contribution in [2.24, 2.45) is 11.7 Å². The molecule has 0 atom stereocenters. The van der Waals surface area contributed by atoms with Gasteiger partial charge in [-0.15, -0.1) is 0 Å². The van der Waals surface area contributed by atoms with E-state index in [-0.39, 0.29) is 41.2 Å². The molecule has 3 heterocycles. The number of hydrogen-bond donors (Lipinski definition) is 4. The van der Waals surface area contributed by atoms with Crippen molar-refractivity contribution in [2.75, 3.05) is 31.5 Å². The van der Waals surface area contributed by atoms with Crippen molar-refractivity contribution in [1.29, 1.82) is 10.7 Å². The zero-order valence-electron chi connectivity index (χ0n) is 21.6. The van der Waals surface area contributed by atoms with Gasteiger partial charge in [0, 0.05) is 37.5 Å². The van der Waals surface area contributed by atoms with E-state index in [0.717, 1.165) is 24.9 Å². The smallest absolute Gasteiger partial charge is 0.306 e. The highest BCUT2D eigenvalue weighted by molar-refractivity contribution is 6.04. The number of nitriles is 1. The van der Waals surface area contributed by atoms with Gasteiger partial charge >= 0.3 is 5.97 Å². The summed E-state index contributed by atoms with van der Waals surface area (Å²) in [5.74, 6) is -1.33. The quantitative estimate of drug-likeness (QED) is 0.351. The summed E-state index contributed by atoms with van der Waals surface area (Å²) in [4.78, 5) is 48.5. The van der Waals surface area contributed by atoms with Gasteiger partial charge in [-0.05, 0) is 56.5 Å². The second-order valence-electron chi connectivity index (χ2n) is 9.90.